The van der Waals surface area contributed by atoms with E-state index in [0.717, 1.165) is 12.2 Å². The summed E-state index contributed by atoms with van der Waals surface area (Å²) >= 11 is 3.56. The summed E-state index contributed by atoms with van der Waals surface area (Å²) in [5.74, 6) is 1.10. The van der Waals surface area contributed by atoms with Crippen LogP contribution < -0.4 is 4.74 Å². The number of halogens is 1. The van der Waals surface area contributed by atoms with Gasteiger partial charge in [0.15, 0.2) is 0 Å². The smallest absolute Gasteiger partial charge is 0.124 e. The first-order valence-electron chi connectivity index (χ1n) is 4.76. The van der Waals surface area contributed by atoms with Gasteiger partial charge in [0, 0.05) is 10.0 Å². The summed E-state index contributed by atoms with van der Waals surface area (Å²) in [5, 5.41) is 0. The van der Waals surface area contributed by atoms with Crippen molar-refractivity contribution in [2.24, 2.45) is 0 Å². The zero-order chi connectivity index (χ0) is 8.89. The Morgan fingerprint density at radius 2 is 2.08 bits per heavy atom. The Bertz CT molecular complexity index is 355. The number of ether oxygens (including phenoxy) is 1. The average molecular weight is 239 g/mol. The Labute approximate surface area is 86.2 Å². The minimum Gasteiger partial charge on any atom is -0.487 e. The van der Waals surface area contributed by atoms with Crippen LogP contribution in [0.3, 0.4) is 0 Å². The van der Waals surface area contributed by atoms with E-state index in [1.54, 1.807) is 0 Å². The monoisotopic (exact) mass is 238 g/mol. The number of rotatable bonds is 0. The van der Waals surface area contributed by atoms with Crippen LogP contribution in [0.4, 0.5) is 0 Å². The van der Waals surface area contributed by atoms with Gasteiger partial charge in [-0.25, -0.2) is 0 Å². The second kappa shape index (κ2) is 2.50. The molecule has 2 heteroatoms. The van der Waals surface area contributed by atoms with Crippen LogP contribution in [-0.2, 0) is 6.42 Å². The van der Waals surface area contributed by atoms with Crippen LogP contribution in [0.25, 0.3) is 0 Å². The Morgan fingerprint density at radius 1 is 1.23 bits per heavy atom. The maximum atomic E-state index is 5.98. The molecule has 1 aliphatic carbocycles. The first-order valence-corrected chi connectivity index (χ1v) is 5.55. The fourth-order valence-corrected chi connectivity index (χ4v) is 2.55. The average Bonchev–Trinajstić information content (AvgIpc) is 2.85. The summed E-state index contributed by atoms with van der Waals surface area (Å²) in [6.07, 6.45) is 4.86. The van der Waals surface area contributed by atoms with Crippen LogP contribution in [0, 0.1) is 0 Å². The van der Waals surface area contributed by atoms with Crippen molar-refractivity contribution in [3.05, 3.63) is 28.2 Å². The normalized spacial score (nSPS) is 22.2. The molecule has 1 spiro atoms. The van der Waals surface area contributed by atoms with Crippen LogP contribution in [0.5, 0.6) is 5.75 Å². The van der Waals surface area contributed by atoms with Gasteiger partial charge in [0.25, 0.3) is 0 Å². The third-order valence-electron chi connectivity index (χ3n) is 3.04. The van der Waals surface area contributed by atoms with Crippen molar-refractivity contribution in [3.8, 4) is 5.75 Å². The minimum atomic E-state index is 0.244. The lowest BCUT2D eigenvalue weighted by Gasteiger charge is -2.26. The number of hydrogen-bond donors (Lipinski definition) is 0. The number of fused-ring (bicyclic) bond motifs is 1. The molecule has 0 radical (unpaired) electrons. The molecule has 68 valence electrons. The maximum absolute atomic E-state index is 5.98. The summed E-state index contributed by atoms with van der Waals surface area (Å²) in [7, 11) is 0. The summed E-state index contributed by atoms with van der Waals surface area (Å²) < 4.78 is 7.18. The van der Waals surface area contributed by atoms with Crippen molar-refractivity contribution in [1.82, 2.24) is 0 Å². The zero-order valence-electron chi connectivity index (χ0n) is 7.35. The van der Waals surface area contributed by atoms with Crippen LogP contribution in [-0.4, -0.2) is 5.60 Å². The molecule has 0 aromatic heterocycles. The van der Waals surface area contributed by atoms with E-state index in [1.807, 2.05) is 6.07 Å². The molecule has 0 atom stereocenters. The molecule has 0 saturated heterocycles. The summed E-state index contributed by atoms with van der Waals surface area (Å²) in [6.45, 7) is 0. The van der Waals surface area contributed by atoms with Crippen LogP contribution in [0.2, 0.25) is 0 Å². The van der Waals surface area contributed by atoms with Crippen LogP contribution in [0.15, 0.2) is 22.7 Å². The van der Waals surface area contributed by atoms with E-state index in [0.29, 0.717) is 0 Å². The topological polar surface area (TPSA) is 9.23 Å². The highest BCUT2D eigenvalue weighted by atomic mass is 79.9. The molecular weight excluding hydrogens is 228 g/mol. The highest BCUT2D eigenvalue weighted by Gasteiger charge is 2.47. The quantitative estimate of drug-likeness (QED) is 0.674. The van der Waals surface area contributed by atoms with Crippen molar-refractivity contribution < 1.29 is 4.74 Å². The standard InChI is InChI=1S/C11H11BrO/c12-9-2-1-3-10-8(9)4-5-11(13-10)6-7-11/h1-3H,4-7H2. The van der Waals surface area contributed by atoms with Gasteiger partial charge in [0.05, 0.1) is 0 Å². The minimum absolute atomic E-state index is 0.244. The van der Waals surface area contributed by atoms with Crippen molar-refractivity contribution >= 4 is 15.9 Å². The van der Waals surface area contributed by atoms with E-state index in [1.165, 1.54) is 29.3 Å². The Balaban J connectivity index is 2.05. The van der Waals surface area contributed by atoms with Gasteiger partial charge in [-0.05, 0) is 37.8 Å². The number of benzene rings is 1. The first kappa shape index (κ1) is 7.86. The fraction of sp³-hybridized carbons (Fsp3) is 0.455. The van der Waals surface area contributed by atoms with Gasteiger partial charge in [-0.15, -0.1) is 0 Å². The van der Waals surface area contributed by atoms with Crippen molar-refractivity contribution in [2.45, 2.75) is 31.3 Å². The highest BCUT2D eigenvalue weighted by molar-refractivity contribution is 9.10. The molecule has 3 rings (SSSR count). The Hall–Kier alpha value is -0.500. The van der Waals surface area contributed by atoms with E-state index in [4.69, 9.17) is 4.74 Å². The third kappa shape index (κ3) is 1.19. The van der Waals surface area contributed by atoms with Gasteiger partial charge in [0.1, 0.15) is 11.4 Å². The van der Waals surface area contributed by atoms with E-state index in [-0.39, 0.29) is 5.60 Å². The van der Waals surface area contributed by atoms with E-state index >= 15 is 0 Å². The van der Waals surface area contributed by atoms with Gasteiger partial charge in [-0.3, -0.25) is 0 Å². The van der Waals surface area contributed by atoms with E-state index in [2.05, 4.69) is 28.1 Å². The molecule has 1 aliphatic heterocycles. The van der Waals surface area contributed by atoms with Gasteiger partial charge < -0.3 is 4.74 Å². The maximum Gasteiger partial charge on any atom is 0.124 e. The zero-order valence-corrected chi connectivity index (χ0v) is 8.93. The highest BCUT2D eigenvalue weighted by Crippen LogP contribution is 2.49. The molecule has 0 bridgehead atoms. The van der Waals surface area contributed by atoms with Gasteiger partial charge in [-0.1, -0.05) is 22.0 Å². The van der Waals surface area contributed by atoms with Crippen LogP contribution >= 0.6 is 15.9 Å². The predicted molar refractivity (Wildman–Crippen MR) is 55.1 cm³/mol. The molecule has 13 heavy (non-hydrogen) atoms. The van der Waals surface area contributed by atoms with Crippen LogP contribution in [0.1, 0.15) is 24.8 Å². The summed E-state index contributed by atoms with van der Waals surface area (Å²) in [5.41, 5.74) is 1.59. The number of hydrogen-bond acceptors (Lipinski definition) is 1. The first-order chi connectivity index (χ1) is 6.29. The molecular formula is C11H11BrO. The van der Waals surface area contributed by atoms with E-state index in [9.17, 15) is 0 Å². The molecule has 1 saturated carbocycles. The SMILES string of the molecule is Brc1cccc2c1CCC1(CC1)O2. The largest absolute Gasteiger partial charge is 0.487 e. The van der Waals surface area contributed by atoms with Gasteiger partial charge in [-0.2, -0.15) is 0 Å². The molecule has 1 fully saturated rings. The van der Waals surface area contributed by atoms with Gasteiger partial charge in [0.2, 0.25) is 0 Å². The molecule has 0 amide bonds. The van der Waals surface area contributed by atoms with E-state index < -0.39 is 0 Å². The second-order valence-electron chi connectivity index (χ2n) is 4.00. The van der Waals surface area contributed by atoms with Crippen molar-refractivity contribution in [2.75, 3.05) is 0 Å². The van der Waals surface area contributed by atoms with Crippen molar-refractivity contribution in [3.63, 3.8) is 0 Å². The summed E-state index contributed by atoms with van der Waals surface area (Å²) in [6, 6.07) is 6.22. The molecule has 0 unspecified atom stereocenters. The molecule has 2 aliphatic rings. The fourth-order valence-electron chi connectivity index (χ4n) is 2.01. The molecule has 1 aromatic carbocycles. The van der Waals surface area contributed by atoms with Gasteiger partial charge >= 0.3 is 0 Å². The molecule has 1 nitrogen and oxygen atoms in total. The third-order valence-corrected chi connectivity index (χ3v) is 3.78. The lowest BCUT2D eigenvalue weighted by Crippen LogP contribution is -2.24. The lowest BCUT2D eigenvalue weighted by atomic mass is 10.0. The molecule has 0 N–H and O–H groups in total. The molecule has 1 heterocycles. The van der Waals surface area contributed by atoms with Crippen molar-refractivity contribution in [1.29, 1.82) is 0 Å². The predicted octanol–water partition coefficient (Wildman–Crippen LogP) is 3.31. The summed E-state index contributed by atoms with van der Waals surface area (Å²) in [4.78, 5) is 0. The second-order valence-corrected chi connectivity index (χ2v) is 4.86. The Kier molecular flexibility index (Phi) is 1.51. The molecule has 1 aromatic rings. The lowest BCUT2D eigenvalue weighted by molar-refractivity contribution is 0.150. The Morgan fingerprint density at radius 3 is 2.85 bits per heavy atom.